The van der Waals surface area contributed by atoms with Crippen LogP contribution in [0.25, 0.3) is 0 Å². The fourth-order valence-electron chi connectivity index (χ4n) is 16.9. The summed E-state index contributed by atoms with van der Waals surface area (Å²) in [6, 6.07) is 42.8. The van der Waals surface area contributed by atoms with Gasteiger partial charge in [-0.15, -0.1) is 0 Å². The molecule has 630 valence electrons. The van der Waals surface area contributed by atoms with E-state index in [0.29, 0.717) is 91.3 Å². The molecule has 115 heavy (non-hydrogen) atoms. The lowest BCUT2D eigenvalue weighted by atomic mass is 9.76. The van der Waals surface area contributed by atoms with Crippen LogP contribution in [0.4, 0.5) is 0 Å². The molecule has 5 amide bonds. The predicted octanol–water partition coefficient (Wildman–Crippen LogP) is 16.3. The standard InChI is InChI=1S/5C19H27NO3/c5*1-13(2)15-8-10-16(11-9-15)18(21)20-17(19(22)23)12-14-6-4-3-5-7-14/h5*3-7,13,15-17H,8-12H2,1-2H3,(H,20,21)(H,22,23)/t5*15?,16?,17-/m11111/s1. The van der Waals surface area contributed by atoms with Crippen molar-refractivity contribution in [2.45, 2.75) is 260 Å². The molecular formula is C95H135N5O15. The molecule has 5 aromatic carbocycles. The number of carbonyl (C=O) groups excluding carboxylic acids is 5. The molecule has 10 N–H and O–H groups in total. The van der Waals surface area contributed by atoms with Gasteiger partial charge in [-0.1, -0.05) is 221 Å². The first-order chi connectivity index (χ1) is 54.8. The Morgan fingerprint density at radius 3 is 0.452 bits per heavy atom. The molecule has 20 heteroatoms. The maximum Gasteiger partial charge on any atom is 0.326 e. The lowest BCUT2D eigenvalue weighted by molar-refractivity contribution is -0.143. The third kappa shape index (κ3) is 33.9. The van der Waals surface area contributed by atoms with E-state index in [1.54, 1.807) is 0 Å². The van der Waals surface area contributed by atoms with E-state index in [0.717, 1.165) is 156 Å². The number of benzene rings is 5. The van der Waals surface area contributed by atoms with E-state index in [2.05, 4.69) is 95.8 Å². The molecule has 5 aliphatic carbocycles. The zero-order valence-electron chi connectivity index (χ0n) is 70.0. The lowest BCUT2D eigenvalue weighted by Gasteiger charge is -2.30. The number of amides is 5. The molecule has 5 fully saturated rings. The highest BCUT2D eigenvalue weighted by atomic mass is 16.4. The molecular weight excluding hydrogens is 1450 g/mol. The minimum atomic E-state index is -0.974. The molecule has 0 aliphatic heterocycles. The van der Waals surface area contributed by atoms with Crippen LogP contribution in [0, 0.1) is 88.8 Å². The van der Waals surface area contributed by atoms with Crippen LogP contribution in [0.2, 0.25) is 0 Å². The van der Waals surface area contributed by atoms with Crippen LogP contribution in [0.15, 0.2) is 152 Å². The van der Waals surface area contributed by atoms with Gasteiger partial charge in [0.1, 0.15) is 30.2 Å². The average molecular weight is 1590 g/mol. The summed E-state index contributed by atoms with van der Waals surface area (Å²) in [7, 11) is 0. The fraction of sp³-hybridized carbons (Fsp3) is 0.579. The van der Waals surface area contributed by atoms with Crippen molar-refractivity contribution in [3.63, 3.8) is 0 Å². The first-order valence-corrected chi connectivity index (χ1v) is 42.7. The van der Waals surface area contributed by atoms with Gasteiger partial charge < -0.3 is 52.1 Å². The molecule has 0 unspecified atom stereocenters. The Morgan fingerprint density at radius 2 is 0.348 bits per heavy atom. The van der Waals surface area contributed by atoms with E-state index in [1.165, 1.54) is 0 Å². The van der Waals surface area contributed by atoms with Crippen molar-refractivity contribution in [2.24, 2.45) is 88.8 Å². The van der Waals surface area contributed by atoms with Crippen molar-refractivity contribution in [3.8, 4) is 0 Å². The van der Waals surface area contributed by atoms with E-state index >= 15 is 0 Å². The summed E-state index contributed by atoms with van der Waals surface area (Å²) in [5.74, 6) is 1.17. The smallest absolute Gasteiger partial charge is 0.326 e. The first kappa shape index (κ1) is 94.7. The zero-order valence-corrected chi connectivity index (χ0v) is 70.0. The summed E-state index contributed by atoms with van der Waals surface area (Å²) < 4.78 is 0. The number of carbonyl (C=O) groups is 10. The maximum atomic E-state index is 12.4. The van der Waals surface area contributed by atoms with Gasteiger partial charge in [0.15, 0.2) is 0 Å². The molecule has 5 atom stereocenters. The Balaban J connectivity index is 0.000000224. The number of carboxylic acid groups (broad SMARTS) is 5. The van der Waals surface area contributed by atoms with Crippen LogP contribution in [0.3, 0.4) is 0 Å². The average Bonchev–Trinajstić information content (AvgIpc) is 0.879. The first-order valence-electron chi connectivity index (χ1n) is 42.7. The number of nitrogens with one attached hydrogen (secondary N) is 5. The Hall–Kier alpha value is -9.20. The van der Waals surface area contributed by atoms with Crippen LogP contribution >= 0.6 is 0 Å². The summed E-state index contributed by atoms with van der Waals surface area (Å²) in [4.78, 5) is 119. The molecule has 0 bridgehead atoms. The van der Waals surface area contributed by atoms with Gasteiger partial charge in [-0.3, -0.25) is 24.0 Å². The molecule has 5 saturated carbocycles. The molecule has 20 nitrogen and oxygen atoms in total. The summed E-state index contributed by atoms with van der Waals surface area (Å²) in [5.41, 5.74) is 4.60. The van der Waals surface area contributed by atoms with Crippen LogP contribution in [-0.4, -0.2) is 115 Å². The van der Waals surface area contributed by atoms with E-state index in [4.69, 9.17) is 0 Å². The quantitative estimate of drug-likeness (QED) is 0.0204. The normalized spacial score (nSPS) is 22.6. The highest BCUT2D eigenvalue weighted by molar-refractivity contribution is 5.88. The topological polar surface area (TPSA) is 332 Å². The third-order valence-electron chi connectivity index (χ3n) is 24.9. The summed E-state index contributed by atoms with van der Waals surface area (Å²) in [5, 5.41) is 60.6. The van der Waals surface area contributed by atoms with Gasteiger partial charge in [-0.05, 0) is 215 Å². The van der Waals surface area contributed by atoms with E-state index in [-0.39, 0.29) is 59.1 Å². The second-order valence-corrected chi connectivity index (χ2v) is 34.7. The van der Waals surface area contributed by atoms with Crippen molar-refractivity contribution in [3.05, 3.63) is 179 Å². The second-order valence-electron chi connectivity index (χ2n) is 34.7. The zero-order chi connectivity index (χ0) is 84.1. The number of hydrogen-bond acceptors (Lipinski definition) is 10. The second kappa shape index (κ2) is 49.7. The predicted molar refractivity (Wildman–Crippen MR) is 450 cm³/mol. The summed E-state index contributed by atoms with van der Waals surface area (Å²) in [6.45, 7) is 22.3. The van der Waals surface area contributed by atoms with Crippen LogP contribution in [-0.2, 0) is 80.0 Å². The Labute approximate surface area is 684 Å². The van der Waals surface area contributed by atoms with Gasteiger partial charge in [0, 0.05) is 61.7 Å². The molecule has 0 aromatic heterocycles. The molecule has 0 saturated heterocycles. The van der Waals surface area contributed by atoms with Gasteiger partial charge in [-0.25, -0.2) is 24.0 Å². The largest absolute Gasteiger partial charge is 0.480 e. The van der Waals surface area contributed by atoms with Crippen molar-refractivity contribution in [1.29, 1.82) is 0 Å². The number of hydrogen-bond donors (Lipinski definition) is 10. The number of carboxylic acids is 5. The summed E-state index contributed by atoms with van der Waals surface area (Å²) >= 11 is 0. The Bertz CT molecular complexity index is 3160. The van der Waals surface area contributed by atoms with Gasteiger partial charge in [0.2, 0.25) is 29.5 Å². The van der Waals surface area contributed by atoms with E-state index < -0.39 is 60.1 Å². The van der Waals surface area contributed by atoms with E-state index in [9.17, 15) is 73.5 Å². The highest BCUT2D eigenvalue weighted by Gasteiger charge is 2.36. The van der Waals surface area contributed by atoms with Crippen molar-refractivity contribution >= 4 is 59.4 Å². The fourth-order valence-corrected chi connectivity index (χ4v) is 16.9. The van der Waals surface area contributed by atoms with Crippen LogP contribution in [0.1, 0.15) is 225 Å². The third-order valence-corrected chi connectivity index (χ3v) is 24.9. The van der Waals surface area contributed by atoms with Crippen molar-refractivity contribution in [2.75, 3.05) is 0 Å². The Morgan fingerprint density at radius 1 is 0.226 bits per heavy atom. The van der Waals surface area contributed by atoms with E-state index in [1.807, 2.05) is 152 Å². The molecule has 0 heterocycles. The van der Waals surface area contributed by atoms with Gasteiger partial charge in [0.25, 0.3) is 0 Å². The number of aliphatic carboxylic acids is 5. The van der Waals surface area contributed by atoms with Crippen LogP contribution in [0.5, 0.6) is 0 Å². The van der Waals surface area contributed by atoms with Crippen molar-refractivity contribution < 1.29 is 73.5 Å². The van der Waals surface area contributed by atoms with Gasteiger partial charge in [-0.2, -0.15) is 0 Å². The highest BCUT2D eigenvalue weighted by Crippen LogP contribution is 2.38. The maximum absolute atomic E-state index is 12.4. The Kier molecular flexibility index (Phi) is 40.9. The minimum Gasteiger partial charge on any atom is -0.480 e. The monoisotopic (exact) mass is 1590 g/mol. The van der Waals surface area contributed by atoms with Gasteiger partial charge in [0.05, 0.1) is 0 Å². The lowest BCUT2D eigenvalue weighted by Crippen LogP contribution is -2.45. The molecule has 5 aliphatic rings. The van der Waals surface area contributed by atoms with Crippen molar-refractivity contribution in [1.82, 2.24) is 26.6 Å². The number of rotatable bonds is 30. The summed E-state index contributed by atoms with van der Waals surface area (Å²) in [6.07, 6.45) is 20.9. The molecule has 0 spiro atoms. The molecule has 10 rings (SSSR count). The minimum absolute atomic E-state index is 0.0392. The molecule has 0 radical (unpaired) electrons. The van der Waals surface area contributed by atoms with Crippen LogP contribution < -0.4 is 26.6 Å². The SMILES string of the molecule is CC(C)C1CCC(C(=O)N[C@H](Cc2ccccc2)C(=O)O)CC1.CC(C)C1CCC(C(=O)N[C@H](Cc2ccccc2)C(=O)O)CC1.CC(C)C1CCC(C(=O)N[C@H](Cc2ccccc2)C(=O)O)CC1.CC(C)C1CCC(C(=O)N[C@H](Cc2ccccc2)C(=O)O)CC1.CC(C)C1CCC(C(=O)N[C@H](Cc2ccccc2)C(=O)O)CC1. The van der Waals surface area contributed by atoms with Gasteiger partial charge >= 0.3 is 29.8 Å². The molecule has 5 aromatic rings.